The molecular weight excluding hydrogens is 332 g/mol. The molecule has 0 saturated carbocycles. The van der Waals surface area contributed by atoms with Gasteiger partial charge in [0.15, 0.2) is 0 Å². The zero-order valence-corrected chi connectivity index (χ0v) is 13.6. The zero-order chi connectivity index (χ0) is 16.2. The molecule has 3 rings (SSSR count). The van der Waals surface area contributed by atoms with Crippen molar-refractivity contribution in [3.63, 3.8) is 0 Å². The Morgan fingerprint density at radius 3 is 1.96 bits per heavy atom. The summed E-state index contributed by atoms with van der Waals surface area (Å²) < 4.78 is 0. The van der Waals surface area contributed by atoms with Crippen molar-refractivity contribution < 1.29 is 32.1 Å². The molecule has 0 amide bonds. The van der Waals surface area contributed by atoms with Crippen molar-refractivity contribution in [1.29, 1.82) is 0 Å². The first-order valence-corrected chi connectivity index (χ1v) is 6.66. The van der Waals surface area contributed by atoms with E-state index < -0.39 is 5.97 Å². The Morgan fingerprint density at radius 1 is 1.09 bits per heavy atom. The van der Waals surface area contributed by atoms with Gasteiger partial charge >= 0.3 is 23.0 Å². The third-order valence-electron chi connectivity index (χ3n) is 2.57. The summed E-state index contributed by atoms with van der Waals surface area (Å²) in [6.07, 6.45) is 1.69. The first-order valence-electron chi connectivity index (χ1n) is 6.66. The number of carbonyl (C=O) groups is 1. The molecule has 0 atom stereocenters. The maximum Gasteiger partial charge on any atom is 2.00 e. The molecule has 0 aromatic heterocycles. The van der Waals surface area contributed by atoms with Crippen molar-refractivity contribution in [2.75, 3.05) is 0 Å². The Morgan fingerprint density at radius 2 is 1.70 bits per heavy atom. The molecular formula is C19H18FeO3. The SMILES string of the molecule is C=Cc1c[cH-]c(O)c1.O=C(O)c1ccccc1.[Fe+2].c1cc[cH-]c1. The number of hydrogen-bond acceptors (Lipinski definition) is 2. The second-order valence-electron chi connectivity index (χ2n) is 4.24. The minimum atomic E-state index is -0.879. The molecule has 0 aliphatic heterocycles. The molecule has 0 radical (unpaired) electrons. The zero-order valence-electron chi connectivity index (χ0n) is 12.4. The number of carboxylic acid groups (broad SMARTS) is 1. The van der Waals surface area contributed by atoms with Gasteiger partial charge < -0.3 is 10.2 Å². The van der Waals surface area contributed by atoms with E-state index >= 15 is 0 Å². The van der Waals surface area contributed by atoms with Crippen LogP contribution >= 0.6 is 0 Å². The fourth-order valence-corrected chi connectivity index (χ4v) is 1.48. The summed E-state index contributed by atoms with van der Waals surface area (Å²) >= 11 is 0. The van der Waals surface area contributed by atoms with E-state index in [-0.39, 0.29) is 17.1 Å². The summed E-state index contributed by atoms with van der Waals surface area (Å²) in [5, 5.41) is 17.1. The second kappa shape index (κ2) is 12.0. The maximum atomic E-state index is 10.2. The Balaban J connectivity index is 0.000000320. The second-order valence-corrected chi connectivity index (χ2v) is 4.24. The minimum Gasteiger partial charge on any atom is -0.534 e. The predicted molar refractivity (Wildman–Crippen MR) is 89.2 cm³/mol. The van der Waals surface area contributed by atoms with Gasteiger partial charge in [0.2, 0.25) is 0 Å². The quantitative estimate of drug-likeness (QED) is 0.527. The number of aromatic hydroxyl groups is 1. The van der Waals surface area contributed by atoms with Gasteiger partial charge in [-0.15, -0.1) is 18.7 Å². The van der Waals surface area contributed by atoms with Crippen molar-refractivity contribution in [2.45, 2.75) is 0 Å². The van der Waals surface area contributed by atoms with E-state index in [0.29, 0.717) is 11.3 Å². The van der Waals surface area contributed by atoms with Crippen LogP contribution in [0.5, 0.6) is 5.75 Å². The van der Waals surface area contributed by atoms with E-state index in [9.17, 15) is 4.79 Å². The predicted octanol–water partition coefficient (Wildman–Crippen LogP) is 4.54. The number of aromatic carboxylic acids is 1. The Labute approximate surface area is 146 Å². The van der Waals surface area contributed by atoms with Gasteiger partial charge in [-0.25, -0.2) is 16.9 Å². The van der Waals surface area contributed by atoms with Crippen LogP contribution < -0.4 is 0 Å². The Hall–Kier alpha value is -2.55. The van der Waals surface area contributed by atoms with Crippen molar-refractivity contribution >= 4 is 12.0 Å². The smallest absolute Gasteiger partial charge is 0.534 e. The average Bonchev–Trinajstić information content (AvgIpc) is 3.23. The van der Waals surface area contributed by atoms with Gasteiger partial charge in [-0.05, 0) is 17.9 Å². The number of carboxylic acids is 1. The standard InChI is InChI=1S/C7H6O2.C7H7O.C5H5.Fe/c8-7(9)6-4-2-1-3-5-6;1-2-6-3-4-7(8)5-6;1-2-4-5-3-1;/h1-5H,(H,8,9);2-5,8H,1H2;1-5H;/q;2*-1;+2. The summed E-state index contributed by atoms with van der Waals surface area (Å²) in [6, 6.07) is 23.4. The van der Waals surface area contributed by atoms with Crippen molar-refractivity contribution in [1.82, 2.24) is 0 Å². The van der Waals surface area contributed by atoms with Gasteiger partial charge in [0, 0.05) is 0 Å². The molecule has 3 aromatic carbocycles. The van der Waals surface area contributed by atoms with Crippen LogP contribution in [0.1, 0.15) is 15.9 Å². The molecule has 0 heterocycles. The van der Waals surface area contributed by atoms with Crippen LogP contribution in [-0.4, -0.2) is 16.2 Å². The van der Waals surface area contributed by atoms with E-state index in [1.54, 1.807) is 48.5 Å². The van der Waals surface area contributed by atoms with Crippen LogP contribution in [0.2, 0.25) is 0 Å². The molecule has 3 nitrogen and oxygen atoms in total. The van der Waals surface area contributed by atoms with Crippen LogP contribution in [0.4, 0.5) is 0 Å². The van der Waals surface area contributed by atoms with E-state index in [2.05, 4.69) is 6.58 Å². The largest absolute Gasteiger partial charge is 2.00 e. The van der Waals surface area contributed by atoms with Gasteiger partial charge in [0.05, 0.1) is 5.56 Å². The Kier molecular flexibility index (Phi) is 10.7. The molecule has 0 saturated heterocycles. The Bertz CT molecular complexity index is 638. The average molecular weight is 350 g/mol. The van der Waals surface area contributed by atoms with Crippen molar-refractivity contribution in [2.24, 2.45) is 0 Å². The molecule has 0 bridgehead atoms. The van der Waals surface area contributed by atoms with Gasteiger partial charge in [-0.3, -0.25) is 0 Å². The first-order chi connectivity index (χ1) is 10.6. The molecule has 0 aliphatic carbocycles. The molecule has 2 N–H and O–H groups in total. The molecule has 23 heavy (non-hydrogen) atoms. The van der Waals surface area contributed by atoms with Crippen molar-refractivity contribution in [3.05, 3.63) is 96.6 Å². The number of hydrogen-bond donors (Lipinski definition) is 2. The molecule has 3 aromatic rings. The van der Waals surface area contributed by atoms with E-state index in [4.69, 9.17) is 10.2 Å². The van der Waals surface area contributed by atoms with Gasteiger partial charge in [-0.1, -0.05) is 18.2 Å². The third kappa shape index (κ3) is 9.14. The third-order valence-corrected chi connectivity index (χ3v) is 2.57. The monoisotopic (exact) mass is 350 g/mol. The van der Waals surface area contributed by atoms with E-state index in [0.717, 1.165) is 5.56 Å². The summed E-state index contributed by atoms with van der Waals surface area (Å²) in [5.41, 5.74) is 1.29. The fraction of sp³-hybridized carbons (Fsp3) is 0. The topological polar surface area (TPSA) is 57.5 Å². The first kappa shape index (κ1) is 20.4. The van der Waals surface area contributed by atoms with Gasteiger partial charge in [-0.2, -0.15) is 35.9 Å². The van der Waals surface area contributed by atoms with Crippen LogP contribution in [0.15, 0.2) is 85.4 Å². The van der Waals surface area contributed by atoms with Crippen molar-refractivity contribution in [3.8, 4) is 5.75 Å². The van der Waals surface area contributed by atoms with Crippen LogP contribution in [0.25, 0.3) is 6.08 Å². The molecule has 120 valence electrons. The summed E-state index contributed by atoms with van der Waals surface area (Å²) in [4.78, 5) is 10.2. The van der Waals surface area contributed by atoms with E-state index in [1.165, 1.54) is 0 Å². The minimum absolute atomic E-state index is 0. The van der Waals surface area contributed by atoms with E-state index in [1.807, 2.05) is 36.4 Å². The number of benzene rings is 1. The van der Waals surface area contributed by atoms with Crippen LogP contribution in [0, 0.1) is 0 Å². The molecule has 0 spiro atoms. The van der Waals surface area contributed by atoms with Gasteiger partial charge in [0.25, 0.3) is 0 Å². The molecule has 0 fully saturated rings. The molecule has 0 aliphatic rings. The number of rotatable bonds is 2. The fourth-order valence-electron chi connectivity index (χ4n) is 1.48. The van der Waals surface area contributed by atoms with Crippen LogP contribution in [-0.2, 0) is 17.1 Å². The summed E-state index contributed by atoms with van der Waals surface area (Å²) in [5.74, 6) is -0.574. The molecule has 4 heteroatoms. The van der Waals surface area contributed by atoms with Gasteiger partial charge in [0.1, 0.15) is 0 Å². The van der Waals surface area contributed by atoms with Crippen LogP contribution in [0.3, 0.4) is 0 Å². The summed E-state index contributed by atoms with van der Waals surface area (Å²) in [6.45, 7) is 3.53. The normalized spacial score (nSPS) is 8.35. The summed E-state index contributed by atoms with van der Waals surface area (Å²) in [7, 11) is 0. The molecule has 0 unspecified atom stereocenters. The maximum absolute atomic E-state index is 10.2.